The molecule has 1 aromatic heterocycles. The average Bonchev–Trinajstić information content (AvgIpc) is 2.83. The van der Waals surface area contributed by atoms with Crippen LogP contribution in [0.15, 0.2) is 6.07 Å². The zero-order valence-electron chi connectivity index (χ0n) is 8.53. The first-order valence-corrected chi connectivity index (χ1v) is 4.99. The van der Waals surface area contributed by atoms with E-state index in [1.165, 1.54) is 12.8 Å². The largest absolute Gasteiger partial charge is 0.364 e. The monoisotopic (exact) mass is 193 g/mol. The fourth-order valence-corrected chi connectivity index (χ4v) is 1.57. The van der Waals surface area contributed by atoms with Gasteiger partial charge in [-0.1, -0.05) is 0 Å². The highest BCUT2D eigenvalue weighted by Crippen LogP contribution is 2.39. The van der Waals surface area contributed by atoms with Crippen molar-refractivity contribution in [3.05, 3.63) is 17.5 Å². The molecule has 0 aromatic carbocycles. The van der Waals surface area contributed by atoms with E-state index in [1.54, 1.807) is 4.68 Å². The van der Waals surface area contributed by atoms with Crippen LogP contribution in [0.4, 0.5) is 0 Å². The van der Waals surface area contributed by atoms with E-state index in [0.29, 0.717) is 11.6 Å². The van der Waals surface area contributed by atoms with Crippen LogP contribution in [-0.4, -0.2) is 15.7 Å². The van der Waals surface area contributed by atoms with Gasteiger partial charge in [0.25, 0.3) is 5.91 Å². The van der Waals surface area contributed by atoms with Gasteiger partial charge in [0, 0.05) is 12.0 Å². The fourth-order valence-electron chi connectivity index (χ4n) is 1.57. The van der Waals surface area contributed by atoms with E-state index in [1.807, 2.05) is 19.9 Å². The second kappa shape index (κ2) is 3.12. The van der Waals surface area contributed by atoms with Crippen LogP contribution in [0, 0.1) is 0 Å². The van der Waals surface area contributed by atoms with E-state index in [4.69, 9.17) is 5.73 Å². The average molecular weight is 193 g/mol. The highest BCUT2D eigenvalue weighted by atomic mass is 16.1. The van der Waals surface area contributed by atoms with Gasteiger partial charge in [-0.3, -0.25) is 9.48 Å². The molecule has 4 heteroatoms. The predicted molar refractivity (Wildman–Crippen MR) is 53.1 cm³/mol. The second-order valence-corrected chi connectivity index (χ2v) is 4.13. The summed E-state index contributed by atoms with van der Waals surface area (Å²) in [6.07, 6.45) is 2.38. The number of nitrogens with zero attached hydrogens (tertiary/aromatic N) is 2. The Bertz CT molecular complexity index is 363. The molecule has 0 atom stereocenters. The lowest BCUT2D eigenvalue weighted by molar-refractivity contribution is 0.0988. The molecule has 14 heavy (non-hydrogen) atoms. The van der Waals surface area contributed by atoms with Crippen molar-refractivity contribution in [2.75, 3.05) is 0 Å². The van der Waals surface area contributed by atoms with Gasteiger partial charge in [-0.15, -0.1) is 0 Å². The summed E-state index contributed by atoms with van der Waals surface area (Å²) in [5.74, 6) is 0.172. The molecule has 4 nitrogen and oxygen atoms in total. The van der Waals surface area contributed by atoms with Crippen molar-refractivity contribution in [2.24, 2.45) is 5.73 Å². The Morgan fingerprint density at radius 3 is 2.64 bits per heavy atom. The molecule has 1 saturated carbocycles. The van der Waals surface area contributed by atoms with E-state index in [2.05, 4.69) is 5.10 Å². The number of hydrogen-bond acceptors (Lipinski definition) is 2. The maximum Gasteiger partial charge on any atom is 0.266 e. The van der Waals surface area contributed by atoms with E-state index in [9.17, 15) is 4.79 Å². The topological polar surface area (TPSA) is 60.9 Å². The molecule has 0 saturated heterocycles. The molecular weight excluding hydrogens is 178 g/mol. The van der Waals surface area contributed by atoms with Crippen molar-refractivity contribution < 1.29 is 4.79 Å². The van der Waals surface area contributed by atoms with Crippen molar-refractivity contribution in [3.63, 3.8) is 0 Å². The third-order valence-electron chi connectivity index (χ3n) is 2.49. The maximum absolute atomic E-state index is 11.1. The SMILES string of the molecule is CC(C)n1nc(C2CC2)cc1C(N)=O. The highest BCUT2D eigenvalue weighted by molar-refractivity contribution is 5.91. The first-order valence-electron chi connectivity index (χ1n) is 4.99. The molecular formula is C10H15N3O. The molecule has 2 rings (SSSR count). The van der Waals surface area contributed by atoms with E-state index < -0.39 is 5.91 Å². The third kappa shape index (κ3) is 1.52. The van der Waals surface area contributed by atoms with Crippen molar-refractivity contribution in [1.29, 1.82) is 0 Å². The lowest BCUT2D eigenvalue weighted by Crippen LogP contribution is -2.18. The first kappa shape index (κ1) is 9.24. The summed E-state index contributed by atoms with van der Waals surface area (Å²) >= 11 is 0. The van der Waals surface area contributed by atoms with Gasteiger partial charge in [-0.25, -0.2) is 0 Å². The van der Waals surface area contributed by atoms with E-state index in [0.717, 1.165) is 5.69 Å². The quantitative estimate of drug-likeness (QED) is 0.789. The van der Waals surface area contributed by atoms with Crippen LogP contribution in [0.2, 0.25) is 0 Å². The van der Waals surface area contributed by atoms with Gasteiger partial charge in [0.05, 0.1) is 5.69 Å². The molecule has 0 bridgehead atoms. The van der Waals surface area contributed by atoms with Crippen LogP contribution in [-0.2, 0) is 0 Å². The third-order valence-corrected chi connectivity index (χ3v) is 2.49. The van der Waals surface area contributed by atoms with E-state index in [-0.39, 0.29) is 6.04 Å². The van der Waals surface area contributed by atoms with Crippen LogP contribution in [0.25, 0.3) is 0 Å². The van der Waals surface area contributed by atoms with Crippen molar-refractivity contribution in [3.8, 4) is 0 Å². The molecule has 0 spiro atoms. The molecule has 1 heterocycles. The fraction of sp³-hybridized carbons (Fsp3) is 0.600. The second-order valence-electron chi connectivity index (χ2n) is 4.13. The molecule has 0 radical (unpaired) electrons. The summed E-state index contributed by atoms with van der Waals surface area (Å²) in [6.45, 7) is 3.99. The number of aromatic nitrogens is 2. The molecule has 1 aromatic rings. The summed E-state index contributed by atoms with van der Waals surface area (Å²) in [6, 6.07) is 2.02. The molecule has 1 aliphatic carbocycles. The first-order chi connectivity index (χ1) is 6.59. The summed E-state index contributed by atoms with van der Waals surface area (Å²) in [7, 11) is 0. The van der Waals surface area contributed by atoms with Gasteiger partial charge < -0.3 is 5.73 Å². The summed E-state index contributed by atoms with van der Waals surface area (Å²) < 4.78 is 1.72. The molecule has 0 unspecified atom stereocenters. The zero-order chi connectivity index (χ0) is 10.3. The van der Waals surface area contributed by atoms with Crippen molar-refractivity contribution >= 4 is 5.91 Å². The van der Waals surface area contributed by atoms with Gasteiger partial charge in [0.15, 0.2) is 0 Å². The Labute approximate surface area is 83.1 Å². The lowest BCUT2D eigenvalue weighted by atomic mass is 10.2. The van der Waals surface area contributed by atoms with Crippen LogP contribution >= 0.6 is 0 Å². The predicted octanol–water partition coefficient (Wildman–Crippen LogP) is 1.44. The number of rotatable bonds is 3. The number of primary amides is 1. The number of amides is 1. The lowest BCUT2D eigenvalue weighted by Gasteiger charge is -2.07. The number of carbonyl (C=O) groups excluding carboxylic acids is 1. The minimum atomic E-state index is -0.391. The molecule has 1 amide bonds. The van der Waals surface area contributed by atoms with Crippen molar-refractivity contribution in [2.45, 2.75) is 38.6 Å². The summed E-state index contributed by atoms with van der Waals surface area (Å²) in [4.78, 5) is 11.1. The van der Waals surface area contributed by atoms with Crippen LogP contribution in [0.3, 0.4) is 0 Å². The number of carbonyl (C=O) groups is 1. The molecule has 0 aliphatic heterocycles. The molecule has 1 fully saturated rings. The van der Waals surface area contributed by atoms with Gasteiger partial charge >= 0.3 is 0 Å². The van der Waals surface area contributed by atoms with Gasteiger partial charge in [-0.2, -0.15) is 5.10 Å². The minimum absolute atomic E-state index is 0.185. The standard InChI is InChI=1S/C10H15N3O/c1-6(2)13-9(10(11)14)5-8(12-13)7-3-4-7/h5-7H,3-4H2,1-2H3,(H2,11,14). The summed E-state index contributed by atoms with van der Waals surface area (Å²) in [5, 5.41) is 4.41. The van der Waals surface area contributed by atoms with E-state index >= 15 is 0 Å². The Hall–Kier alpha value is -1.32. The van der Waals surface area contributed by atoms with Gasteiger partial charge in [0.1, 0.15) is 5.69 Å². The smallest absolute Gasteiger partial charge is 0.266 e. The molecule has 2 N–H and O–H groups in total. The van der Waals surface area contributed by atoms with Gasteiger partial charge in [-0.05, 0) is 32.8 Å². The highest BCUT2D eigenvalue weighted by Gasteiger charge is 2.28. The normalized spacial score (nSPS) is 16.2. The summed E-state index contributed by atoms with van der Waals surface area (Å²) in [5.41, 5.74) is 6.84. The maximum atomic E-state index is 11.1. The Kier molecular flexibility index (Phi) is 2.06. The van der Waals surface area contributed by atoms with Crippen LogP contribution in [0.1, 0.15) is 54.8 Å². The molecule has 1 aliphatic rings. The zero-order valence-corrected chi connectivity index (χ0v) is 8.53. The number of nitrogens with two attached hydrogens (primary N) is 1. The Morgan fingerprint density at radius 2 is 2.29 bits per heavy atom. The minimum Gasteiger partial charge on any atom is -0.364 e. The Balaban J connectivity index is 2.39. The number of hydrogen-bond donors (Lipinski definition) is 1. The van der Waals surface area contributed by atoms with Crippen LogP contribution in [0.5, 0.6) is 0 Å². The van der Waals surface area contributed by atoms with Crippen molar-refractivity contribution in [1.82, 2.24) is 9.78 Å². The molecule has 76 valence electrons. The van der Waals surface area contributed by atoms with Crippen LogP contribution < -0.4 is 5.73 Å². The van der Waals surface area contributed by atoms with Gasteiger partial charge in [0.2, 0.25) is 0 Å². The Morgan fingerprint density at radius 1 is 1.64 bits per heavy atom.